The number of aromatic amines is 1. The summed E-state index contributed by atoms with van der Waals surface area (Å²) in [5.74, 6) is -2.11. The lowest BCUT2D eigenvalue weighted by atomic mass is 10.0. The van der Waals surface area contributed by atoms with Gasteiger partial charge in [-0.15, -0.1) is 0 Å². The van der Waals surface area contributed by atoms with Crippen molar-refractivity contribution in [2.45, 2.75) is 6.92 Å². The molecular weight excluding hydrogens is 504 g/mol. The van der Waals surface area contributed by atoms with Crippen molar-refractivity contribution in [3.8, 4) is 22.6 Å². The van der Waals surface area contributed by atoms with E-state index in [-0.39, 0.29) is 39.7 Å². The number of H-pyrrole nitrogens is 1. The van der Waals surface area contributed by atoms with E-state index in [0.717, 1.165) is 12.1 Å². The van der Waals surface area contributed by atoms with E-state index in [1.165, 1.54) is 49.0 Å². The van der Waals surface area contributed by atoms with Gasteiger partial charge in [0.05, 0.1) is 11.4 Å². The third kappa shape index (κ3) is 4.91. The van der Waals surface area contributed by atoms with Gasteiger partial charge in [-0.1, -0.05) is 0 Å². The molecule has 4 rings (SSSR count). The molecule has 12 heteroatoms. The number of sulfonamides is 1. The Morgan fingerprint density at radius 2 is 1.83 bits per heavy atom. The highest BCUT2D eigenvalue weighted by molar-refractivity contribution is 7.92. The van der Waals surface area contributed by atoms with E-state index >= 15 is 0 Å². The molecule has 0 saturated heterocycles. The number of carbonyl (C=O) groups excluding carboxylic acids is 1. The largest absolute Gasteiger partial charge is 0.454 e. The van der Waals surface area contributed by atoms with Gasteiger partial charge in [0.1, 0.15) is 17.1 Å². The maximum Gasteiger partial charge on any atom is 0.274 e. The first-order valence-corrected chi connectivity index (χ1v) is 12.2. The number of fused-ring (bicyclic) bond motifs is 1. The molecule has 0 aliphatic heterocycles. The number of anilines is 1. The molecule has 8 nitrogen and oxygen atoms in total. The molecule has 0 spiro atoms. The topological polar surface area (TPSA) is 110 Å². The number of hydrogen-bond acceptors (Lipinski definition) is 5. The van der Waals surface area contributed by atoms with Crippen LogP contribution in [0.3, 0.4) is 0 Å². The zero-order valence-electron chi connectivity index (χ0n) is 18.4. The van der Waals surface area contributed by atoms with Crippen molar-refractivity contribution in [1.29, 1.82) is 0 Å². The Kier molecular flexibility index (Phi) is 6.39. The first-order valence-electron chi connectivity index (χ1n) is 10.2. The predicted octanol–water partition coefficient (Wildman–Crippen LogP) is 4.74. The van der Waals surface area contributed by atoms with Gasteiger partial charge in [-0.3, -0.25) is 14.3 Å². The van der Waals surface area contributed by atoms with Gasteiger partial charge in [0.25, 0.3) is 10.8 Å². The van der Waals surface area contributed by atoms with Crippen LogP contribution in [0, 0.1) is 11.6 Å². The lowest BCUT2D eigenvalue weighted by Gasteiger charge is -2.16. The van der Waals surface area contributed by atoms with Crippen LogP contribution in [0.1, 0.15) is 17.4 Å². The number of benzene rings is 2. The molecule has 182 valence electrons. The van der Waals surface area contributed by atoms with Crippen LogP contribution in [0.4, 0.5) is 14.5 Å². The molecule has 0 aliphatic rings. The van der Waals surface area contributed by atoms with Gasteiger partial charge in [0.15, 0.2) is 11.6 Å². The number of hydrogen-bond donors (Lipinski definition) is 2. The monoisotopic (exact) mass is 521 g/mol. The highest BCUT2D eigenvalue weighted by Crippen LogP contribution is 2.39. The molecule has 35 heavy (non-hydrogen) atoms. The molecule has 0 bridgehead atoms. The minimum Gasteiger partial charge on any atom is -0.454 e. The molecule has 0 saturated carbocycles. The fraction of sp³-hybridized carbons (Fsp3) is 0.130. The van der Waals surface area contributed by atoms with Crippen molar-refractivity contribution in [2.75, 3.05) is 10.5 Å². The Hall–Kier alpha value is -3.70. The molecule has 2 heterocycles. The number of nitrogens with one attached hydrogen (secondary N) is 2. The number of pyridine rings is 1. The summed E-state index contributed by atoms with van der Waals surface area (Å²) in [6, 6.07) is 8.44. The van der Waals surface area contributed by atoms with Gasteiger partial charge in [-0.05, 0) is 54.9 Å². The van der Waals surface area contributed by atoms with E-state index in [0.29, 0.717) is 17.0 Å². The highest BCUT2D eigenvalue weighted by Gasteiger charge is 2.20. The summed E-state index contributed by atoms with van der Waals surface area (Å²) in [5.41, 5.74) is 0.409. The number of ether oxygens (including phenoxy) is 1. The summed E-state index contributed by atoms with van der Waals surface area (Å²) >= 11 is 5.60. The first-order chi connectivity index (χ1) is 16.5. The Balaban J connectivity index is 1.98. The molecule has 0 atom stereocenters. The molecule has 2 aromatic heterocycles. The number of rotatable bonds is 7. The fourth-order valence-corrected chi connectivity index (χ4v) is 4.21. The quantitative estimate of drug-likeness (QED) is 0.341. The number of aryl methyl sites for hydroxylation is 1. The molecule has 0 amide bonds. The molecule has 0 radical (unpaired) electrons. The number of aromatic nitrogens is 2. The van der Waals surface area contributed by atoms with Gasteiger partial charge in [-0.2, -0.15) is 0 Å². The summed E-state index contributed by atoms with van der Waals surface area (Å²) in [7, 11) is -2.15. The Bertz CT molecular complexity index is 1650. The van der Waals surface area contributed by atoms with Crippen LogP contribution in [0.2, 0.25) is 0 Å². The van der Waals surface area contributed by atoms with E-state index in [2.05, 4.69) is 9.71 Å². The fourth-order valence-electron chi connectivity index (χ4n) is 3.48. The average Bonchev–Trinajstić information content (AvgIpc) is 3.25. The van der Waals surface area contributed by atoms with Crippen molar-refractivity contribution >= 4 is 43.5 Å². The van der Waals surface area contributed by atoms with Crippen LogP contribution in [-0.4, -0.2) is 29.0 Å². The maximum atomic E-state index is 14.3. The SMILES string of the molecule is CCS(=O)(=O)Nc1ccc(Oc2ccc(F)cc2F)c(-c2cn(C)c(=O)c3[nH]c(C(=O)Cl)cc23)c1. The highest BCUT2D eigenvalue weighted by atomic mass is 35.5. The molecule has 2 N–H and O–H groups in total. The van der Waals surface area contributed by atoms with E-state index < -0.39 is 32.5 Å². The zero-order valence-corrected chi connectivity index (χ0v) is 19.9. The van der Waals surface area contributed by atoms with Gasteiger partial charge in [0.2, 0.25) is 10.0 Å². The third-order valence-electron chi connectivity index (χ3n) is 5.21. The Morgan fingerprint density at radius 3 is 2.49 bits per heavy atom. The van der Waals surface area contributed by atoms with Crippen LogP contribution in [0.15, 0.2) is 53.5 Å². The lowest BCUT2D eigenvalue weighted by Crippen LogP contribution is -2.17. The van der Waals surface area contributed by atoms with Crippen LogP contribution in [0.25, 0.3) is 22.0 Å². The van der Waals surface area contributed by atoms with Gasteiger partial charge >= 0.3 is 0 Å². The zero-order chi connectivity index (χ0) is 25.5. The van der Waals surface area contributed by atoms with E-state index in [9.17, 15) is 26.8 Å². The maximum absolute atomic E-state index is 14.3. The van der Waals surface area contributed by atoms with Crippen molar-refractivity contribution in [3.05, 3.63) is 76.3 Å². The normalized spacial score (nSPS) is 11.6. The second kappa shape index (κ2) is 9.16. The summed E-state index contributed by atoms with van der Waals surface area (Å²) in [5, 5.41) is -0.513. The van der Waals surface area contributed by atoms with Crippen LogP contribution in [-0.2, 0) is 17.1 Å². The standard InChI is InChI=1S/C23H18ClF2N3O5S/c1-3-35(32,33)28-13-5-7-19(34-20-6-4-12(25)8-17(20)26)14(9-13)16-11-29(2)23(31)21-15(16)10-18(27-21)22(24)30/h4-11,27-28H,3H2,1-2H3. The predicted molar refractivity (Wildman–Crippen MR) is 129 cm³/mol. The Labute approximate surface area is 203 Å². The van der Waals surface area contributed by atoms with Crippen molar-refractivity contribution in [2.24, 2.45) is 7.05 Å². The van der Waals surface area contributed by atoms with Gasteiger partial charge < -0.3 is 14.3 Å². The lowest BCUT2D eigenvalue weighted by molar-refractivity contribution is 0.107. The van der Waals surface area contributed by atoms with Crippen LogP contribution in [0.5, 0.6) is 11.5 Å². The van der Waals surface area contributed by atoms with Crippen molar-refractivity contribution in [3.63, 3.8) is 0 Å². The number of halogens is 3. The van der Waals surface area contributed by atoms with Crippen LogP contribution >= 0.6 is 11.6 Å². The summed E-state index contributed by atoms with van der Waals surface area (Å²) < 4.78 is 61.3. The molecule has 0 aliphatic carbocycles. The van der Waals surface area contributed by atoms with Crippen molar-refractivity contribution < 1.29 is 26.7 Å². The first kappa shape index (κ1) is 24.4. The molecule has 0 unspecified atom stereocenters. The second-order valence-electron chi connectivity index (χ2n) is 7.60. The van der Waals surface area contributed by atoms with E-state index in [1.54, 1.807) is 0 Å². The molecule has 0 fully saturated rings. The van der Waals surface area contributed by atoms with Crippen molar-refractivity contribution in [1.82, 2.24) is 9.55 Å². The van der Waals surface area contributed by atoms with E-state index in [4.69, 9.17) is 16.3 Å². The minimum atomic E-state index is -3.64. The van der Waals surface area contributed by atoms with Crippen LogP contribution < -0.4 is 15.0 Å². The summed E-state index contributed by atoms with van der Waals surface area (Å²) in [4.78, 5) is 27.1. The minimum absolute atomic E-state index is 0.0268. The third-order valence-corrected chi connectivity index (χ3v) is 6.72. The summed E-state index contributed by atoms with van der Waals surface area (Å²) in [6.07, 6.45) is 1.46. The van der Waals surface area contributed by atoms with E-state index in [1.807, 2.05) is 0 Å². The molecule has 2 aromatic carbocycles. The second-order valence-corrected chi connectivity index (χ2v) is 9.95. The molecule has 4 aromatic rings. The number of nitrogens with zero attached hydrogens (tertiary/aromatic N) is 1. The number of carbonyl (C=O) groups is 1. The summed E-state index contributed by atoms with van der Waals surface area (Å²) in [6.45, 7) is 1.47. The average molecular weight is 522 g/mol. The Morgan fingerprint density at radius 1 is 1.11 bits per heavy atom. The van der Waals surface area contributed by atoms with Gasteiger partial charge in [-0.25, -0.2) is 17.2 Å². The van der Waals surface area contributed by atoms with Gasteiger partial charge in [0, 0.05) is 41.5 Å². The molecular formula is C23H18ClF2N3O5S. The smallest absolute Gasteiger partial charge is 0.274 e.